The summed E-state index contributed by atoms with van der Waals surface area (Å²) >= 11 is 11.5. The molecule has 3 N–H and O–H groups in total. The second-order valence-electron chi connectivity index (χ2n) is 14.4. The predicted octanol–water partition coefficient (Wildman–Crippen LogP) is 8.71. The van der Waals surface area contributed by atoms with Crippen LogP contribution in [0.3, 0.4) is 0 Å². The Labute approximate surface area is 364 Å². The first kappa shape index (κ1) is 48.8. The summed E-state index contributed by atoms with van der Waals surface area (Å²) in [5.41, 5.74) is 0.361. The van der Waals surface area contributed by atoms with Crippen LogP contribution >= 0.6 is 47.8 Å². The van der Waals surface area contributed by atoms with Crippen LogP contribution in [0.15, 0.2) is 82.3 Å². The van der Waals surface area contributed by atoms with Gasteiger partial charge < -0.3 is 26.0 Å². The quantitative estimate of drug-likeness (QED) is 0.100. The molecular weight excluding hydrogens is 991 g/mol. The van der Waals surface area contributed by atoms with Gasteiger partial charge in [0.2, 0.25) is 0 Å². The predicted molar refractivity (Wildman–Crippen MR) is 220 cm³/mol. The van der Waals surface area contributed by atoms with Crippen molar-refractivity contribution >= 4 is 75.0 Å². The molecule has 3 saturated carbocycles. The van der Waals surface area contributed by atoms with Crippen molar-refractivity contribution in [3.05, 3.63) is 67.4 Å². The third-order valence-corrected chi connectivity index (χ3v) is 12.7. The largest absolute Gasteiger partial charge is 3.00 e. The van der Waals surface area contributed by atoms with Gasteiger partial charge in [-0.15, -0.1) is 0 Å². The normalized spacial score (nSPS) is 23.3. The smallest absolute Gasteiger partial charge is 2.00 e. The van der Waals surface area contributed by atoms with Crippen LogP contribution in [0, 0.1) is 0 Å². The Morgan fingerprint density at radius 1 is 0.625 bits per heavy atom. The van der Waals surface area contributed by atoms with Crippen molar-refractivity contribution in [2.24, 2.45) is 15.0 Å². The van der Waals surface area contributed by atoms with Crippen molar-refractivity contribution in [3.8, 4) is 0 Å². The van der Waals surface area contributed by atoms with Gasteiger partial charge in [-0.05, 0) is 105 Å². The summed E-state index contributed by atoms with van der Waals surface area (Å²) in [6.07, 6.45) is 32.1. The summed E-state index contributed by atoms with van der Waals surface area (Å²) in [7, 11) is -6.09. The molecule has 6 rings (SSSR count). The number of allylic oxidation sites excluding steroid dienone is 3. The first-order valence-electron chi connectivity index (χ1n) is 18.7. The second-order valence-corrected chi connectivity index (χ2v) is 18.3. The number of hydrogen-bond donors (Lipinski definition) is 3. The number of nitrogens with one attached hydrogen (secondary N) is 3. The maximum atomic E-state index is 10.7. The van der Waals surface area contributed by atoms with E-state index in [-0.39, 0.29) is 22.5 Å². The van der Waals surface area contributed by atoms with Gasteiger partial charge in [0.25, 0.3) is 0 Å². The van der Waals surface area contributed by atoms with Crippen LogP contribution in [0.25, 0.3) is 0 Å². The summed E-state index contributed by atoms with van der Waals surface area (Å²) in [6.45, 7) is 2.03. The zero-order chi connectivity index (χ0) is 38.7. The Morgan fingerprint density at radius 2 is 0.875 bits per heavy atom. The molecule has 19 heteroatoms. The number of rotatable bonds is 12. The molecule has 3 heterocycles. The first-order valence-corrected chi connectivity index (χ1v) is 22.5. The topological polar surface area (TPSA) is 162 Å². The van der Waals surface area contributed by atoms with Gasteiger partial charge in [0.05, 0.1) is 34.2 Å². The van der Waals surface area contributed by atoms with Gasteiger partial charge in [0.15, 0.2) is 10.1 Å². The fourth-order valence-electron chi connectivity index (χ4n) is 7.14. The van der Waals surface area contributed by atoms with Crippen LogP contribution in [-0.4, -0.2) is 78.3 Å². The van der Waals surface area contributed by atoms with E-state index < -0.39 is 15.6 Å². The molecule has 311 valence electrons. The van der Waals surface area contributed by atoms with E-state index in [1.54, 1.807) is 0 Å². The van der Waals surface area contributed by atoms with Crippen molar-refractivity contribution < 1.29 is 48.7 Å². The van der Waals surface area contributed by atoms with Crippen LogP contribution in [0.1, 0.15) is 96.3 Å². The molecule has 0 aromatic carbocycles. The van der Waals surface area contributed by atoms with Crippen molar-refractivity contribution in [3.63, 3.8) is 0 Å². The summed E-state index contributed by atoms with van der Waals surface area (Å²) in [4.78, 5) is 17.5. The molecule has 3 fully saturated rings. The van der Waals surface area contributed by atoms with Gasteiger partial charge >= 0.3 is 22.6 Å². The Bertz CT molecular complexity index is 1580. The van der Waals surface area contributed by atoms with Gasteiger partial charge in [0, 0.05) is 69.8 Å². The molecule has 3 aliphatic carbocycles. The summed E-state index contributed by atoms with van der Waals surface area (Å²) in [6, 6.07) is 1.67. The molecule has 56 heavy (non-hydrogen) atoms. The minimum absolute atomic E-state index is 0. The Kier molecular flexibility index (Phi) is 20.3. The number of hydrogen-bond acceptors (Lipinski definition) is 10. The second kappa shape index (κ2) is 23.3. The molecule has 0 aromatic heterocycles. The summed E-state index contributed by atoms with van der Waals surface area (Å²) in [5.74, 6) is 0. The zero-order valence-corrected chi connectivity index (χ0v) is 37.6. The average molecular weight is 1040 g/mol. The van der Waals surface area contributed by atoms with Gasteiger partial charge in [-0.2, -0.15) is 13.2 Å². The van der Waals surface area contributed by atoms with E-state index in [0.29, 0.717) is 37.8 Å². The van der Waals surface area contributed by atoms with Gasteiger partial charge in [-0.1, -0.05) is 57.8 Å². The monoisotopic (exact) mass is 1040 g/mol. The number of aliphatic imine (C=N–C) groups is 3. The van der Waals surface area contributed by atoms with Crippen LogP contribution in [-0.2, 0) is 32.7 Å². The molecule has 0 spiro atoms. The minimum atomic E-state index is -6.09. The van der Waals surface area contributed by atoms with E-state index in [4.69, 9.17) is 27.9 Å². The molecule has 0 bridgehead atoms. The van der Waals surface area contributed by atoms with Crippen LogP contribution in [0.5, 0.6) is 0 Å². The molecule has 0 amide bonds. The van der Waals surface area contributed by atoms with Crippen LogP contribution in [0.2, 0.25) is 0 Å². The minimum Gasteiger partial charge on any atom is -2.00 e. The van der Waals surface area contributed by atoms with E-state index in [1.807, 2.05) is 0 Å². The van der Waals surface area contributed by atoms with Crippen molar-refractivity contribution in [1.82, 2.24) is 20.9 Å². The van der Waals surface area contributed by atoms with Gasteiger partial charge in [0.1, 0.15) is 0 Å². The molecule has 0 saturated heterocycles. The van der Waals surface area contributed by atoms with Gasteiger partial charge in [-0.3, -0.25) is 4.90 Å². The molecule has 6 aliphatic rings. The zero-order valence-electron chi connectivity index (χ0n) is 30.9. The first-order chi connectivity index (χ1) is 25.7. The van der Waals surface area contributed by atoms with E-state index in [0.717, 1.165) is 47.7 Å². The SMILES string of the molecule is BrC1=C/C(=C/NC2CCCCC2)N=C1CN(CC1=N/C(=C\NC2CCCCC2)C=C1Br)CC1=N/C(=C\NC2CCCCC2)C=C1Br.O=S(=O)([O-])C(F)(F)F.[Fe+3].[O-2]. The fourth-order valence-corrected chi connectivity index (χ4v) is 8.48. The molecule has 0 atom stereocenters. The molecule has 0 unspecified atom stereocenters. The van der Waals surface area contributed by atoms with Crippen LogP contribution < -0.4 is 16.0 Å². The maximum Gasteiger partial charge on any atom is 3.00 e. The van der Waals surface area contributed by atoms with Crippen LogP contribution in [0.4, 0.5) is 13.2 Å². The summed E-state index contributed by atoms with van der Waals surface area (Å²) < 4.78 is 62.0. The van der Waals surface area contributed by atoms with Crippen molar-refractivity contribution in [2.75, 3.05) is 19.6 Å². The molecule has 11 nitrogen and oxygen atoms in total. The van der Waals surface area contributed by atoms with Crippen molar-refractivity contribution in [1.29, 1.82) is 0 Å². The number of halogens is 6. The Morgan fingerprint density at radius 3 is 1.11 bits per heavy atom. The van der Waals surface area contributed by atoms with E-state index in [2.05, 4.69) is 105 Å². The molecule has 1 radical (unpaired) electrons. The van der Waals surface area contributed by atoms with Crippen molar-refractivity contribution in [2.45, 2.75) is 120 Å². The number of alkyl halides is 3. The van der Waals surface area contributed by atoms with E-state index >= 15 is 0 Å². The van der Waals surface area contributed by atoms with Gasteiger partial charge in [-0.25, -0.2) is 23.4 Å². The third-order valence-electron chi connectivity index (χ3n) is 10.1. The average Bonchev–Trinajstić information content (AvgIpc) is 3.80. The van der Waals surface area contributed by atoms with E-state index in [1.165, 1.54) is 96.3 Å². The number of nitrogens with zero attached hydrogens (tertiary/aromatic N) is 4. The summed E-state index contributed by atoms with van der Waals surface area (Å²) in [5, 5.41) is 10.9. The third kappa shape index (κ3) is 15.6. The molecule has 3 aliphatic heterocycles. The molecule has 0 aromatic rings. The Hall–Kier alpha value is -1.57. The maximum absolute atomic E-state index is 10.7. The Balaban J connectivity index is 0.000000761. The fraction of sp³-hybridized carbons (Fsp3) is 0.595. The molecular formula is C37H48Br3F3FeN7O4S. The van der Waals surface area contributed by atoms with E-state index in [9.17, 15) is 13.2 Å². The standard InChI is InChI=1S/C36H48Br3N7.CHF3O3S.Fe.O/c37-31-16-28(19-40-25-10-4-1-5-11-25)43-34(31)22-46(23-35-32(38)17-29(44-35)20-41-26-12-6-2-7-13-26)24-36-33(39)18-30(45-36)21-42-27-14-8-3-9-15-27;2-1(3,4)8(5,6)7;;/h16-21,25-27,40-42H,1-15,22-24H2;(H,5,6,7);;/q;;+3;-2/p-1/b28-19-,29-20-,30-21-;;;.